The van der Waals surface area contributed by atoms with Crippen LogP contribution in [0.5, 0.6) is 5.75 Å². The van der Waals surface area contributed by atoms with Gasteiger partial charge in [0.1, 0.15) is 12.2 Å². The normalized spacial score (nSPS) is 11.2. The second-order valence-corrected chi connectivity index (χ2v) is 9.00. The van der Waals surface area contributed by atoms with E-state index in [1.165, 1.54) is 18.3 Å². The van der Waals surface area contributed by atoms with Gasteiger partial charge in [0.2, 0.25) is 5.82 Å². The maximum atomic E-state index is 13.5. The maximum absolute atomic E-state index is 13.5. The second kappa shape index (κ2) is 10.6. The molecule has 0 radical (unpaired) electrons. The van der Waals surface area contributed by atoms with E-state index in [9.17, 15) is 20.2 Å². The molecule has 10 nitrogen and oxygen atoms in total. The van der Waals surface area contributed by atoms with Gasteiger partial charge in [-0.05, 0) is 42.5 Å². The molecule has 198 valence electrons. The highest BCUT2D eigenvalue weighted by Gasteiger charge is 2.18. The first-order valence-electron chi connectivity index (χ1n) is 12.5. The minimum atomic E-state index is -0.563. The van der Waals surface area contributed by atoms with E-state index in [0.29, 0.717) is 38.9 Å². The van der Waals surface area contributed by atoms with Gasteiger partial charge in [0.25, 0.3) is 5.56 Å². The van der Waals surface area contributed by atoms with Gasteiger partial charge in [0.15, 0.2) is 11.5 Å². The molecule has 0 unspecified atom stereocenters. The molecule has 6 rings (SSSR count). The lowest BCUT2D eigenvalue weighted by Crippen LogP contribution is -2.20. The molecule has 41 heavy (non-hydrogen) atoms. The number of benzene rings is 4. The van der Waals surface area contributed by atoms with Crippen molar-refractivity contribution in [2.24, 2.45) is 5.10 Å². The van der Waals surface area contributed by atoms with E-state index >= 15 is 0 Å². The first-order chi connectivity index (χ1) is 20.0. The Morgan fingerprint density at radius 2 is 1.80 bits per heavy atom. The van der Waals surface area contributed by atoms with Crippen molar-refractivity contribution in [2.45, 2.75) is 6.61 Å². The van der Waals surface area contributed by atoms with Crippen LogP contribution >= 0.6 is 0 Å². The summed E-state index contributed by atoms with van der Waals surface area (Å²) in [5.41, 5.74) is 1.79. The number of rotatable bonds is 7. The second-order valence-electron chi connectivity index (χ2n) is 9.00. The van der Waals surface area contributed by atoms with Crippen molar-refractivity contribution < 1.29 is 14.1 Å². The minimum Gasteiger partial charge on any atom is -0.482 e. The molecule has 0 aliphatic heterocycles. The molecule has 2 aromatic heterocycles. The van der Waals surface area contributed by atoms with Gasteiger partial charge in [-0.1, -0.05) is 48.5 Å². The topological polar surface area (TPSA) is 137 Å². The van der Waals surface area contributed by atoms with E-state index in [2.05, 4.69) is 16.2 Å². The predicted octanol–water partition coefficient (Wildman–Crippen LogP) is 6.05. The Morgan fingerprint density at radius 3 is 2.63 bits per heavy atom. The van der Waals surface area contributed by atoms with Crippen molar-refractivity contribution >= 4 is 33.8 Å². The molecule has 0 amide bonds. The molecular formula is C31H19N5O5. The highest BCUT2D eigenvalue weighted by molar-refractivity contribution is 5.85. The van der Waals surface area contributed by atoms with Crippen molar-refractivity contribution in [1.82, 2.24) is 9.66 Å². The highest BCUT2D eigenvalue weighted by Crippen LogP contribution is 2.30. The molecule has 0 aliphatic rings. The van der Waals surface area contributed by atoms with Gasteiger partial charge in [-0.15, -0.1) is 0 Å². The number of nitriles is 1. The summed E-state index contributed by atoms with van der Waals surface area (Å²) in [4.78, 5) is 29.4. The zero-order valence-corrected chi connectivity index (χ0v) is 21.3. The van der Waals surface area contributed by atoms with Crippen molar-refractivity contribution in [3.63, 3.8) is 0 Å². The fourth-order valence-electron chi connectivity index (χ4n) is 4.40. The molecule has 0 aliphatic carbocycles. The Hall–Kier alpha value is -6.08. The summed E-state index contributed by atoms with van der Waals surface area (Å²) in [5, 5.41) is 26.7. The van der Waals surface area contributed by atoms with Crippen LogP contribution in [0.15, 0.2) is 111 Å². The molecule has 0 saturated carbocycles. The Kier molecular flexibility index (Phi) is 6.51. The number of ether oxygens (including phenoxy) is 1. The van der Waals surface area contributed by atoms with Crippen LogP contribution in [0.3, 0.4) is 0 Å². The Labute approximate surface area is 232 Å². The molecule has 0 fully saturated rings. The fourth-order valence-corrected chi connectivity index (χ4v) is 4.40. The number of hydrogen-bond acceptors (Lipinski definition) is 8. The van der Waals surface area contributed by atoms with Crippen molar-refractivity contribution in [3.8, 4) is 23.4 Å². The maximum Gasteiger partial charge on any atom is 0.311 e. The zero-order valence-electron chi connectivity index (χ0n) is 21.3. The number of nitrogens with zero attached hydrogens (tertiary/aromatic N) is 5. The molecule has 2 heterocycles. The third-order valence-corrected chi connectivity index (χ3v) is 6.42. The number of hydrogen-bond donors (Lipinski definition) is 0. The van der Waals surface area contributed by atoms with Crippen molar-refractivity contribution in [3.05, 3.63) is 134 Å². The van der Waals surface area contributed by atoms with Crippen LogP contribution in [0.4, 0.5) is 5.69 Å². The van der Waals surface area contributed by atoms with Gasteiger partial charge in [-0.3, -0.25) is 14.9 Å². The van der Waals surface area contributed by atoms with Crippen LogP contribution in [-0.4, -0.2) is 20.8 Å². The molecule has 4 aromatic carbocycles. The van der Waals surface area contributed by atoms with Crippen molar-refractivity contribution in [2.75, 3.05) is 0 Å². The SMILES string of the molecule is N#Cc1ccccc1COc1ccc(C=Nn2c(-c3cc4ccccc4o3)nc3ccccc3c2=O)cc1[N+](=O)[O-]. The van der Waals surface area contributed by atoms with Crippen LogP contribution in [0.2, 0.25) is 0 Å². The Balaban J connectivity index is 1.38. The van der Waals surface area contributed by atoms with Crippen LogP contribution in [0.1, 0.15) is 16.7 Å². The van der Waals surface area contributed by atoms with Crippen LogP contribution in [-0.2, 0) is 6.61 Å². The number of nitro benzene ring substituents is 1. The lowest BCUT2D eigenvalue weighted by molar-refractivity contribution is -0.385. The average Bonchev–Trinajstić information content (AvgIpc) is 3.44. The Bertz CT molecular complexity index is 2050. The van der Waals surface area contributed by atoms with E-state index in [-0.39, 0.29) is 23.9 Å². The van der Waals surface area contributed by atoms with E-state index < -0.39 is 10.5 Å². The number of para-hydroxylation sites is 2. The van der Waals surface area contributed by atoms with E-state index in [0.717, 1.165) is 10.1 Å². The van der Waals surface area contributed by atoms with Gasteiger partial charge in [-0.2, -0.15) is 15.0 Å². The quantitative estimate of drug-likeness (QED) is 0.136. The van der Waals surface area contributed by atoms with Crippen LogP contribution in [0.25, 0.3) is 33.5 Å². The predicted molar refractivity (Wildman–Crippen MR) is 153 cm³/mol. The first-order valence-corrected chi connectivity index (χ1v) is 12.5. The summed E-state index contributed by atoms with van der Waals surface area (Å²) >= 11 is 0. The van der Waals surface area contributed by atoms with Gasteiger partial charge < -0.3 is 9.15 Å². The molecule has 0 bridgehead atoms. The first kappa shape index (κ1) is 25.2. The molecule has 0 spiro atoms. The van der Waals surface area contributed by atoms with Gasteiger partial charge in [0.05, 0.1) is 33.7 Å². The summed E-state index contributed by atoms with van der Waals surface area (Å²) in [5.74, 6) is 0.567. The molecule has 0 saturated heterocycles. The molecule has 0 atom stereocenters. The largest absolute Gasteiger partial charge is 0.482 e. The molecular weight excluding hydrogens is 522 g/mol. The van der Waals surface area contributed by atoms with E-state index in [1.807, 2.05) is 24.3 Å². The summed E-state index contributed by atoms with van der Waals surface area (Å²) in [6.45, 7) is -0.0168. The Morgan fingerprint density at radius 1 is 1.02 bits per heavy atom. The van der Waals surface area contributed by atoms with E-state index in [1.54, 1.807) is 60.7 Å². The number of nitro groups is 1. The van der Waals surface area contributed by atoms with E-state index in [4.69, 9.17) is 9.15 Å². The number of aromatic nitrogens is 2. The third-order valence-electron chi connectivity index (χ3n) is 6.42. The number of furan rings is 1. The zero-order chi connectivity index (χ0) is 28.3. The van der Waals surface area contributed by atoms with Gasteiger partial charge in [0, 0.05) is 22.6 Å². The molecule has 0 N–H and O–H groups in total. The fraction of sp³-hybridized carbons (Fsp3) is 0.0323. The summed E-state index contributed by atoms with van der Waals surface area (Å²) in [6, 6.07) is 29.4. The van der Waals surface area contributed by atoms with Crippen LogP contribution < -0.4 is 10.3 Å². The van der Waals surface area contributed by atoms with Crippen LogP contribution in [0, 0.1) is 21.4 Å². The highest BCUT2D eigenvalue weighted by atomic mass is 16.6. The minimum absolute atomic E-state index is 0.0168. The molecule has 10 heteroatoms. The average molecular weight is 542 g/mol. The van der Waals surface area contributed by atoms with Crippen molar-refractivity contribution in [1.29, 1.82) is 5.26 Å². The summed E-state index contributed by atoms with van der Waals surface area (Å²) in [6.07, 6.45) is 1.34. The summed E-state index contributed by atoms with van der Waals surface area (Å²) < 4.78 is 12.8. The standard InChI is InChI=1S/C31H19N5O5/c32-17-22-8-1-2-9-23(22)19-40-28-14-13-20(15-26(28)36(38)39)18-33-35-30(29-16-21-7-3-6-12-27(21)41-29)34-25-11-5-4-10-24(25)31(35)37/h1-16,18H,19H2. The smallest absolute Gasteiger partial charge is 0.311 e. The molecule has 6 aromatic rings. The monoisotopic (exact) mass is 541 g/mol. The van der Waals surface area contributed by atoms with Gasteiger partial charge >= 0.3 is 5.69 Å². The lowest BCUT2D eigenvalue weighted by atomic mass is 10.1. The third kappa shape index (κ3) is 4.91. The summed E-state index contributed by atoms with van der Waals surface area (Å²) in [7, 11) is 0. The number of fused-ring (bicyclic) bond motifs is 2. The lowest BCUT2D eigenvalue weighted by Gasteiger charge is -2.09. The van der Waals surface area contributed by atoms with Gasteiger partial charge in [-0.25, -0.2) is 4.98 Å².